The minimum Gasteiger partial charge on any atom is -0.387 e. The van der Waals surface area contributed by atoms with E-state index in [1.807, 2.05) is 4.98 Å². The first-order valence-electron chi connectivity index (χ1n) is 7.61. The standard InChI is InChI=1S/C10H17N2O15P3/c1-23-8-6(13)5(25-7(8)4-2-11-10(15)12-9(4)14)3-24-29(19,20)27-30(21,22)26-28(16,17)18/h2,5-8,13H,3H2,1H3,(H,19,20)(H,21,22)(H2,16,17,18)(H2,11,12,14,15)/t5-,6-,7+,8-/m1/s1. The molecule has 1 aliphatic heterocycles. The van der Waals surface area contributed by atoms with Gasteiger partial charge in [-0.1, -0.05) is 0 Å². The van der Waals surface area contributed by atoms with Crippen molar-refractivity contribution in [2.45, 2.75) is 24.4 Å². The van der Waals surface area contributed by atoms with E-state index in [0.717, 1.165) is 13.3 Å². The Morgan fingerprint density at radius 3 is 2.27 bits per heavy atom. The maximum Gasteiger partial charge on any atom is 0.490 e. The topological polar surface area (TPSA) is 264 Å². The van der Waals surface area contributed by atoms with E-state index in [2.05, 4.69) is 18.1 Å². The lowest BCUT2D eigenvalue weighted by atomic mass is 10.0. The maximum atomic E-state index is 11.9. The average Bonchev–Trinajstić information content (AvgIpc) is 2.85. The predicted molar refractivity (Wildman–Crippen MR) is 91.9 cm³/mol. The van der Waals surface area contributed by atoms with Crippen molar-refractivity contribution in [3.05, 3.63) is 32.6 Å². The fraction of sp³-hybridized carbons (Fsp3) is 0.600. The quantitative estimate of drug-likeness (QED) is 0.186. The summed E-state index contributed by atoms with van der Waals surface area (Å²) in [5.74, 6) is 0. The summed E-state index contributed by atoms with van der Waals surface area (Å²) in [6.45, 7) is -0.956. The molecule has 0 saturated carbocycles. The molecule has 0 spiro atoms. The number of aliphatic hydroxyl groups excluding tert-OH is 1. The summed E-state index contributed by atoms with van der Waals surface area (Å²) in [5, 5.41) is 10.3. The molecule has 1 fully saturated rings. The molecule has 1 aromatic rings. The zero-order valence-corrected chi connectivity index (χ0v) is 17.4. The molecule has 2 heterocycles. The smallest absolute Gasteiger partial charge is 0.387 e. The van der Waals surface area contributed by atoms with Crippen LogP contribution in [0.15, 0.2) is 15.8 Å². The molecule has 6 atom stereocenters. The third-order valence-electron chi connectivity index (χ3n) is 3.58. The molecule has 172 valence electrons. The molecular weight excluding hydrogens is 481 g/mol. The Morgan fingerprint density at radius 2 is 1.73 bits per heavy atom. The molecule has 0 radical (unpaired) electrons. The van der Waals surface area contributed by atoms with Crippen LogP contribution in [0.4, 0.5) is 0 Å². The summed E-state index contributed by atoms with van der Waals surface area (Å²) >= 11 is 0. The van der Waals surface area contributed by atoms with Crippen molar-refractivity contribution in [3.63, 3.8) is 0 Å². The van der Waals surface area contributed by atoms with Crippen molar-refractivity contribution in [1.29, 1.82) is 0 Å². The van der Waals surface area contributed by atoms with Gasteiger partial charge in [0.15, 0.2) is 0 Å². The Bertz CT molecular complexity index is 1010. The largest absolute Gasteiger partial charge is 0.490 e. The number of hydrogen-bond donors (Lipinski definition) is 7. The number of H-pyrrole nitrogens is 2. The summed E-state index contributed by atoms with van der Waals surface area (Å²) in [6, 6.07) is 0. The minimum atomic E-state index is -5.71. The van der Waals surface area contributed by atoms with Gasteiger partial charge in [-0.25, -0.2) is 18.5 Å². The molecule has 2 rings (SSSR count). The third kappa shape index (κ3) is 6.73. The molecule has 30 heavy (non-hydrogen) atoms. The van der Waals surface area contributed by atoms with Crippen LogP contribution in [0.2, 0.25) is 0 Å². The lowest BCUT2D eigenvalue weighted by Gasteiger charge is -2.19. The summed E-state index contributed by atoms with van der Waals surface area (Å²) < 4.78 is 55.6. The van der Waals surface area contributed by atoms with Gasteiger partial charge in [0.1, 0.15) is 24.4 Å². The van der Waals surface area contributed by atoms with Gasteiger partial charge in [-0.2, -0.15) is 8.62 Å². The highest BCUT2D eigenvalue weighted by Gasteiger charge is 2.47. The van der Waals surface area contributed by atoms with Gasteiger partial charge in [0, 0.05) is 13.3 Å². The van der Waals surface area contributed by atoms with Crippen molar-refractivity contribution < 1.29 is 61.0 Å². The number of aromatic amines is 2. The number of aromatic nitrogens is 2. The Kier molecular flexibility index (Phi) is 7.76. The highest BCUT2D eigenvalue weighted by Crippen LogP contribution is 2.66. The monoisotopic (exact) mass is 498 g/mol. The second kappa shape index (κ2) is 9.22. The first-order valence-corrected chi connectivity index (χ1v) is 12.1. The van der Waals surface area contributed by atoms with Crippen molar-refractivity contribution >= 4 is 23.5 Å². The number of phosphoric acid groups is 3. The fourth-order valence-electron chi connectivity index (χ4n) is 2.49. The van der Waals surface area contributed by atoms with E-state index in [1.165, 1.54) is 0 Å². The van der Waals surface area contributed by atoms with E-state index in [9.17, 15) is 33.3 Å². The third-order valence-corrected chi connectivity index (χ3v) is 7.38. The Labute approximate surface area is 166 Å². The van der Waals surface area contributed by atoms with Crippen molar-refractivity contribution in [1.82, 2.24) is 9.97 Å². The molecule has 0 aliphatic carbocycles. The van der Waals surface area contributed by atoms with Gasteiger partial charge in [0.25, 0.3) is 5.56 Å². The lowest BCUT2D eigenvalue weighted by Crippen LogP contribution is -2.35. The second-order valence-corrected chi connectivity index (χ2v) is 10.1. The van der Waals surface area contributed by atoms with Crippen molar-refractivity contribution in [2.24, 2.45) is 0 Å². The van der Waals surface area contributed by atoms with Crippen LogP contribution >= 0.6 is 23.5 Å². The van der Waals surface area contributed by atoms with Crippen LogP contribution in [0.1, 0.15) is 11.7 Å². The van der Waals surface area contributed by atoms with E-state index in [-0.39, 0.29) is 5.56 Å². The number of phosphoric ester groups is 1. The second-order valence-electron chi connectivity index (χ2n) is 5.70. The van der Waals surface area contributed by atoms with Crippen LogP contribution in [-0.4, -0.2) is 66.7 Å². The zero-order chi connectivity index (χ0) is 22.9. The Morgan fingerprint density at radius 1 is 1.10 bits per heavy atom. The summed E-state index contributed by atoms with van der Waals surface area (Å²) in [7, 11) is -15.5. The van der Waals surface area contributed by atoms with Gasteiger partial charge in [0.2, 0.25) is 0 Å². The number of hydrogen-bond acceptors (Lipinski definition) is 11. The van der Waals surface area contributed by atoms with Crippen molar-refractivity contribution in [2.75, 3.05) is 13.7 Å². The maximum absolute atomic E-state index is 11.9. The molecule has 2 unspecified atom stereocenters. The predicted octanol–water partition coefficient (Wildman–Crippen LogP) is -1.78. The van der Waals surface area contributed by atoms with E-state index in [1.54, 1.807) is 0 Å². The van der Waals surface area contributed by atoms with Gasteiger partial charge < -0.3 is 39.1 Å². The fourth-order valence-corrected chi connectivity index (χ4v) is 5.52. The van der Waals surface area contributed by atoms with Crippen LogP contribution in [-0.2, 0) is 36.3 Å². The molecule has 0 aromatic carbocycles. The highest BCUT2D eigenvalue weighted by molar-refractivity contribution is 7.66. The zero-order valence-electron chi connectivity index (χ0n) is 14.8. The van der Waals surface area contributed by atoms with Crippen LogP contribution in [0.3, 0.4) is 0 Å². The Balaban J connectivity index is 2.10. The molecule has 0 amide bonds. The summed E-state index contributed by atoms with van der Waals surface area (Å²) in [6.07, 6.45) is -4.41. The number of nitrogens with one attached hydrogen (secondary N) is 2. The molecule has 17 nitrogen and oxygen atoms in total. The van der Waals surface area contributed by atoms with E-state index < -0.39 is 65.7 Å². The van der Waals surface area contributed by atoms with Crippen LogP contribution in [0.5, 0.6) is 0 Å². The summed E-state index contributed by atoms with van der Waals surface area (Å²) in [5.41, 5.74) is -1.81. The van der Waals surface area contributed by atoms with E-state index in [4.69, 9.17) is 24.2 Å². The normalized spacial score (nSPS) is 28.7. The van der Waals surface area contributed by atoms with Gasteiger partial charge in [-0.05, 0) is 0 Å². The van der Waals surface area contributed by atoms with Gasteiger partial charge in [0.05, 0.1) is 12.2 Å². The average molecular weight is 498 g/mol. The number of aliphatic hydroxyl groups is 1. The van der Waals surface area contributed by atoms with Crippen LogP contribution in [0.25, 0.3) is 0 Å². The highest BCUT2D eigenvalue weighted by atomic mass is 31.3. The van der Waals surface area contributed by atoms with Gasteiger partial charge in [-0.3, -0.25) is 14.3 Å². The number of ether oxygens (including phenoxy) is 2. The molecule has 20 heteroatoms. The van der Waals surface area contributed by atoms with E-state index in [0.29, 0.717) is 0 Å². The SMILES string of the molecule is CO[C@@H]1[C@H](O)[C@@H](COP(=O)(O)OP(=O)(O)OP(=O)(O)O)O[C@H]1c1c[nH]c(=O)[nH]c1=O. The molecular formula is C10H17N2O15P3. The lowest BCUT2D eigenvalue weighted by molar-refractivity contribution is -0.0235. The first-order chi connectivity index (χ1) is 13.6. The van der Waals surface area contributed by atoms with Gasteiger partial charge in [-0.15, -0.1) is 0 Å². The van der Waals surface area contributed by atoms with Crippen molar-refractivity contribution in [3.8, 4) is 0 Å². The molecule has 1 aliphatic rings. The van der Waals surface area contributed by atoms with Crippen LogP contribution in [0, 0.1) is 0 Å². The Hall–Kier alpha value is -1.03. The minimum absolute atomic E-state index is 0.152. The first kappa shape index (κ1) is 25.2. The molecule has 1 saturated heterocycles. The molecule has 7 N–H and O–H groups in total. The van der Waals surface area contributed by atoms with Gasteiger partial charge >= 0.3 is 29.2 Å². The molecule has 0 bridgehead atoms. The number of rotatable bonds is 9. The molecule has 1 aromatic heterocycles. The summed E-state index contributed by atoms with van der Waals surface area (Å²) in [4.78, 5) is 62.7. The number of methoxy groups -OCH3 is 1. The van der Waals surface area contributed by atoms with E-state index >= 15 is 0 Å². The van der Waals surface area contributed by atoms with Crippen LogP contribution < -0.4 is 11.2 Å².